The molecular weight excluding hydrogens is 242 g/mol. The molecule has 0 aliphatic heterocycles. The Hall–Kier alpha value is -1.10. The highest BCUT2D eigenvalue weighted by Gasteiger charge is 2.10. The maximum atomic E-state index is 11.7. The molecule has 0 saturated carbocycles. The first kappa shape index (κ1) is 17.9. The van der Waals surface area contributed by atoms with Gasteiger partial charge in [0.05, 0.1) is 6.54 Å². The van der Waals surface area contributed by atoms with Crippen molar-refractivity contribution >= 4 is 11.8 Å². The van der Waals surface area contributed by atoms with E-state index in [0.717, 1.165) is 25.9 Å². The monoisotopic (exact) mass is 271 g/mol. The molecule has 0 atom stereocenters. The molecule has 112 valence electrons. The zero-order valence-electron chi connectivity index (χ0n) is 12.8. The summed E-state index contributed by atoms with van der Waals surface area (Å²) in [6.07, 6.45) is 2.34. The van der Waals surface area contributed by atoms with E-state index in [9.17, 15) is 9.59 Å². The van der Waals surface area contributed by atoms with Crippen molar-refractivity contribution in [2.24, 2.45) is 0 Å². The molecule has 0 aliphatic rings. The zero-order chi connectivity index (χ0) is 14.7. The number of hydrogen-bond donors (Lipinski definition) is 2. The molecule has 2 N–H and O–H groups in total. The van der Waals surface area contributed by atoms with Crippen LogP contribution in [0, 0.1) is 0 Å². The third-order valence-electron chi connectivity index (χ3n) is 3.27. The first-order valence-corrected chi connectivity index (χ1v) is 7.36. The summed E-state index contributed by atoms with van der Waals surface area (Å²) in [5, 5.41) is 5.97. The van der Waals surface area contributed by atoms with Crippen LogP contribution in [0.5, 0.6) is 0 Å². The van der Waals surface area contributed by atoms with Gasteiger partial charge in [0.1, 0.15) is 0 Å². The summed E-state index contributed by atoms with van der Waals surface area (Å²) in [5.41, 5.74) is 0. The van der Waals surface area contributed by atoms with E-state index >= 15 is 0 Å². The molecule has 0 aromatic rings. The van der Waals surface area contributed by atoms with E-state index in [1.54, 1.807) is 4.90 Å². The molecule has 5 heteroatoms. The van der Waals surface area contributed by atoms with Crippen molar-refractivity contribution in [1.29, 1.82) is 0 Å². The van der Waals surface area contributed by atoms with E-state index in [2.05, 4.69) is 24.5 Å². The van der Waals surface area contributed by atoms with Crippen molar-refractivity contribution < 1.29 is 9.59 Å². The first-order chi connectivity index (χ1) is 9.08. The van der Waals surface area contributed by atoms with E-state index in [4.69, 9.17) is 0 Å². The molecule has 0 heterocycles. The van der Waals surface area contributed by atoms with Crippen molar-refractivity contribution in [1.82, 2.24) is 15.5 Å². The Morgan fingerprint density at radius 1 is 1.05 bits per heavy atom. The largest absolute Gasteiger partial charge is 0.352 e. The van der Waals surface area contributed by atoms with Crippen LogP contribution >= 0.6 is 0 Å². The molecule has 0 saturated heterocycles. The van der Waals surface area contributed by atoms with Crippen LogP contribution in [0.2, 0.25) is 0 Å². The van der Waals surface area contributed by atoms with Gasteiger partial charge >= 0.3 is 0 Å². The van der Waals surface area contributed by atoms with Gasteiger partial charge in [0.2, 0.25) is 11.8 Å². The second-order valence-corrected chi connectivity index (χ2v) is 4.57. The highest BCUT2D eigenvalue weighted by molar-refractivity contribution is 5.78. The second-order valence-electron chi connectivity index (χ2n) is 4.57. The molecule has 0 aromatic carbocycles. The third kappa shape index (κ3) is 7.82. The Morgan fingerprint density at radius 3 is 2.11 bits per heavy atom. The lowest BCUT2D eigenvalue weighted by atomic mass is 10.2. The molecule has 0 rings (SSSR count). The van der Waals surface area contributed by atoms with Gasteiger partial charge in [0, 0.05) is 32.1 Å². The van der Waals surface area contributed by atoms with Crippen LogP contribution < -0.4 is 10.6 Å². The number of amides is 2. The van der Waals surface area contributed by atoms with Crippen LogP contribution in [0.3, 0.4) is 0 Å². The molecule has 0 spiro atoms. The van der Waals surface area contributed by atoms with E-state index in [1.807, 2.05) is 13.8 Å². The van der Waals surface area contributed by atoms with Crippen molar-refractivity contribution in [3.63, 3.8) is 0 Å². The summed E-state index contributed by atoms with van der Waals surface area (Å²) < 4.78 is 0. The van der Waals surface area contributed by atoms with Gasteiger partial charge in [-0.05, 0) is 26.7 Å². The van der Waals surface area contributed by atoms with Crippen molar-refractivity contribution in [2.75, 3.05) is 26.2 Å². The Bertz CT molecular complexity index is 261. The fourth-order valence-electron chi connectivity index (χ4n) is 1.90. The minimum absolute atomic E-state index is 0.00369. The zero-order valence-corrected chi connectivity index (χ0v) is 12.8. The van der Waals surface area contributed by atoms with Crippen molar-refractivity contribution in [3.05, 3.63) is 0 Å². The molecule has 0 fully saturated rings. The number of carbonyl (C=O) groups excluding carboxylic acids is 2. The number of rotatable bonds is 10. The van der Waals surface area contributed by atoms with Crippen LogP contribution in [0.15, 0.2) is 0 Å². The Balaban J connectivity index is 3.74. The molecular formula is C14H29N3O2. The van der Waals surface area contributed by atoms with Gasteiger partial charge < -0.3 is 15.5 Å². The minimum atomic E-state index is 0.00369. The summed E-state index contributed by atoms with van der Waals surface area (Å²) in [7, 11) is 0. The average molecular weight is 271 g/mol. The van der Waals surface area contributed by atoms with Crippen LogP contribution in [0.1, 0.15) is 47.0 Å². The van der Waals surface area contributed by atoms with Crippen LogP contribution in [-0.4, -0.2) is 48.9 Å². The molecule has 0 aromatic heterocycles. The van der Waals surface area contributed by atoms with Crippen LogP contribution in [0.4, 0.5) is 0 Å². The fraction of sp³-hybridized carbons (Fsp3) is 0.857. The standard InChI is InChI=1S/C14H29N3O2/c1-5-12(6-2)16-13(18)11-15-10-9-14(19)17(7-3)8-4/h12,15H,5-11H2,1-4H3,(H,16,18). The molecule has 0 bridgehead atoms. The second kappa shape index (κ2) is 10.8. The predicted molar refractivity (Wildman–Crippen MR) is 77.9 cm³/mol. The molecule has 0 unspecified atom stereocenters. The lowest BCUT2D eigenvalue weighted by Gasteiger charge is -2.18. The molecule has 0 aliphatic carbocycles. The van der Waals surface area contributed by atoms with Crippen LogP contribution in [-0.2, 0) is 9.59 Å². The SMILES string of the molecule is CCC(CC)NC(=O)CNCCC(=O)N(CC)CC. The first-order valence-electron chi connectivity index (χ1n) is 7.36. The van der Waals surface area contributed by atoms with E-state index in [-0.39, 0.29) is 24.4 Å². The van der Waals surface area contributed by atoms with Crippen molar-refractivity contribution in [2.45, 2.75) is 53.0 Å². The molecule has 2 amide bonds. The van der Waals surface area contributed by atoms with Gasteiger partial charge in [0.25, 0.3) is 0 Å². The quantitative estimate of drug-likeness (QED) is 0.586. The highest BCUT2D eigenvalue weighted by atomic mass is 16.2. The maximum absolute atomic E-state index is 11.7. The summed E-state index contributed by atoms with van der Waals surface area (Å²) in [6.45, 7) is 10.4. The van der Waals surface area contributed by atoms with Gasteiger partial charge in [-0.3, -0.25) is 9.59 Å². The smallest absolute Gasteiger partial charge is 0.234 e. The van der Waals surface area contributed by atoms with Gasteiger partial charge in [0.15, 0.2) is 0 Å². The number of hydrogen-bond acceptors (Lipinski definition) is 3. The summed E-state index contributed by atoms with van der Waals surface area (Å²) in [4.78, 5) is 25.1. The Kier molecular flexibility index (Phi) is 10.2. The van der Waals surface area contributed by atoms with E-state index < -0.39 is 0 Å². The lowest BCUT2D eigenvalue weighted by Crippen LogP contribution is -2.41. The number of nitrogens with one attached hydrogen (secondary N) is 2. The fourth-order valence-corrected chi connectivity index (χ4v) is 1.90. The maximum Gasteiger partial charge on any atom is 0.234 e. The lowest BCUT2D eigenvalue weighted by molar-refractivity contribution is -0.131. The van der Waals surface area contributed by atoms with Crippen LogP contribution in [0.25, 0.3) is 0 Å². The van der Waals surface area contributed by atoms with Gasteiger partial charge in [-0.25, -0.2) is 0 Å². The van der Waals surface area contributed by atoms with E-state index in [0.29, 0.717) is 13.0 Å². The van der Waals surface area contributed by atoms with Gasteiger partial charge in [-0.1, -0.05) is 13.8 Å². The predicted octanol–water partition coefficient (Wildman–Crippen LogP) is 1.14. The number of carbonyl (C=O) groups is 2. The summed E-state index contributed by atoms with van der Waals surface area (Å²) >= 11 is 0. The normalized spacial score (nSPS) is 10.6. The third-order valence-corrected chi connectivity index (χ3v) is 3.27. The van der Waals surface area contributed by atoms with Gasteiger partial charge in [-0.2, -0.15) is 0 Å². The van der Waals surface area contributed by atoms with Gasteiger partial charge in [-0.15, -0.1) is 0 Å². The topological polar surface area (TPSA) is 61.4 Å². The summed E-state index contributed by atoms with van der Waals surface area (Å²) in [6, 6.07) is 0.256. The molecule has 19 heavy (non-hydrogen) atoms. The molecule has 5 nitrogen and oxygen atoms in total. The number of nitrogens with zero attached hydrogens (tertiary/aromatic N) is 1. The minimum Gasteiger partial charge on any atom is -0.352 e. The Morgan fingerprint density at radius 2 is 1.63 bits per heavy atom. The Labute approximate surface area is 117 Å². The highest BCUT2D eigenvalue weighted by Crippen LogP contribution is 1.95. The van der Waals surface area contributed by atoms with Crippen molar-refractivity contribution in [3.8, 4) is 0 Å². The molecule has 0 radical (unpaired) electrons. The average Bonchev–Trinajstić information content (AvgIpc) is 2.42. The van der Waals surface area contributed by atoms with E-state index in [1.165, 1.54) is 0 Å². The summed E-state index contributed by atoms with van der Waals surface area (Å²) in [5.74, 6) is 0.141.